The second-order valence-corrected chi connectivity index (χ2v) is 7.90. The van der Waals surface area contributed by atoms with Crippen molar-refractivity contribution >= 4 is 5.96 Å². The smallest absolute Gasteiger partial charge is 0.191 e. The second kappa shape index (κ2) is 8.55. The number of benzene rings is 2. The minimum absolute atomic E-state index is 0.146. The molecule has 0 amide bonds. The van der Waals surface area contributed by atoms with Crippen molar-refractivity contribution in [1.82, 2.24) is 10.6 Å². The van der Waals surface area contributed by atoms with Gasteiger partial charge in [0, 0.05) is 31.5 Å². The van der Waals surface area contributed by atoms with Crippen LogP contribution in [0.2, 0.25) is 0 Å². The van der Waals surface area contributed by atoms with Gasteiger partial charge in [-0.3, -0.25) is 4.99 Å². The van der Waals surface area contributed by atoms with Gasteiger partial charge in [-0.2, -0.15) is 0 Å². The number of hydrogen-bond donors (Lipinski definition) is 2. The van der Waals surface area contributed by atoms with Crippen molar-refractivity contribution in [2.24, 2.45) is 4.99 Å². The van der Waals surface area contributed by atoms with E-state index in [4.69, 9.17) is 9.47 Å². The Balaban J connectivity index is 1.68. The molecular weight excluding hydrogens is 350 g/mol. The normalized spacial score (nSPS) is 19.2. The van der Waals surface area contributed by atoms with Gasteiger partial charge in [-0.1, -0.05) is 43.3 Å². The van der Waals surface area contributed by atoms with Crippen LogP contribution in [0.3, 0.4) is 0 Å². The van der Waals surface area contributed by atoms with Gasteiger partial charge in [0.05, 0.1) is 13.2 Å². The summed E-state index contributed by atoms with van der Waals surface area (Å²) in [5.41, 5.74) is 2.13. The molecule has 1 aliphatic rings. The van der Waals surface area contributed by atoms with E-state index in [-0.39, 0.29) is 17.6 Å². The Labute approximate surface area is 168 Å². The fourth-order valence-electron chi connectivity index (χ4n) is 3.72. The molecular formula is C23H31N3O2. The number of aliphatic imine (C=N–C) groups is 1. The lowest BCUT2D eigenvalue weighted by Crippen LogP contribution is -2.46. The molecule has 1 heterocycles. The first-order valence-corrected chi connectivity index (χ1v) is 9.81. The number of nitrogens with zero attached hydrogens (tertiary/aromatic N) is 1. The molecule has 150 valence electrons. The molecule has 2 atom stereocenters. The summed E-state index contributed by atoms with van der Waals surface area (Å²) >= 11 is 0. The highest BCUT2D eigenvalue weighted by molar-refractivity contribution is 5.80. The van der Waals surface area contributed by atoms with Gasteiger partial charge in [-0.25, -0.2) is 0 Å². The first kappa shape index (κ1) is 20.1. The van der Waals surface area contributed by atoms with Gasteiger partial charge < -0.3 is 20.1 Å². The van der Waals surface area contributed by atoms with Crippen LogP contribution in [0.5, 0.6) is 11.5 Å². The number of ether oxygens (including phenoxy) is 2. The number of hydrogen-bond acceptors (Lipinski definition) is 3. The van der Waals surface area contributed by atoms with Crippen LogP contribution in [-0.2, 0) is 0 Å². The molecule has 28 heavy (non-hydrogen) atoms. The fourth-order valence-corrected chi connectivity index (χ4v) is 3.72. The van der Waals surface area contributed by atoms with E-state index in [1.807, 2.05) is 30.3 Å². The molecule has 5 nitrogen and oxygen atoms in total. The zero-order valence-electron chi connectivity index (χ0n) is 17.5. The molecule has 5 heteroatoms. The number of para-hydroxylation sites is 2. The Morgan fingerprint density at radius 3 is 2.68 bits per heavy atom. The third-order valence-corrected chi connectivity index (χ3v) is 5.16. The fraction of sp³-hybridized carbons (Fsp3) is 0.435. The minimum Gasteiger partial charge on any atom is -0.496 e. The topological polar surface area (TPSA) is 54.9 Å². The predicted octanol–water partition coefficient (Wildman–Crippen LogP) is 4.27. The standard InChI is InChI=1S/C23H31N3O2/c1-16(17-10-6-8-12-20(17)27-5)15-25-22(24-4)26-19-14-23(2,3)28-21-13-9-7-11-18(19)21/h6-13,16,19H,14-15H2,1-5H3,(H2,24,25,26). The highest BCUT2D eigenvalue weighted by atomic mass is 16.5. The summed E-state index contributed by atoms with van der Waals surface area (Å²) in [6, 6.07) is 16.5. The van der Waals surface area contributed by atoms with Crippen LogP contribution >= 0.6 is 0 Å². The average Bonchev–Trinajstić information content (AvgIpc) is 2.69. The van der Waals surface area contributed by atoms with Crippen molar-refractivity contribution in [1.29, 1.82) is 0 Å². The van der Waals surface area contributed by atoms with Crippen molar-refractivity contribution in [3.05, 3.63) is 59.7 Å². The van der Waals surface area contributed by atoms with E-state index >= 15 is 0 Å². The van der Waals surface area contributed by atoms with E-state index in [0.717, 1.165) is 30.4 Å². The molecule has 3 rings (SSSR count). The third-order valence-electron chi connectivity index (χ3n) is 5.16. The van der Waals surface area contributed by atoms with Gasteiger partial charge in [-0.15, -0.1) is 0 Å². The average molecular weight is 382 g/mol. The summed E-state index contributed by atoms with van der Waals surface area (Å²) in [7, 11) is 3.52. The molecule has 1 aliphatic heterocycles. The number of guanidine groups is 1. The maximum Gasteiger partial charge on any atom is 0.191 e. The monoisotopic (exact) mass is 381 g/mol. The summed E-state index contributed by atoms with van der Waals surface area (Å²) in [4.78, 5) is 4.43. The lowest BCUT2D eigenvalue weighted by molar-refractivity contribution is 0.0694. The van der Waals surface area contributed by atoms with Crippen LogP contribution in [0.25, 0.3) is 0 Å². The van der Waals surface area contributed by atoms with E-state index in [2.05, 4.69) is 54.6 Å². The summed E-state index contributed by atoms with van der Waals surface area (Å²) < 4.78 is 11.6. The lowest BCUT2D eigenvalue weighted by Gasteiger charge is -2.38. The largest absolute Gasteiger partial charge is 0.496 e. The van der Waals surface area contributed by atoms with Gasteiger partial charge >= 0.3 is 0 Å². The van der Waals surface area contributed by atoms with Crippen LogP contribution in [0, 0.1) is 0 Å². The zero-order valence-corrected chi connectivity index (χ0v) is 17.5. The molecule has 2 aromatic carbocycles. The van der Waals surface area contributed by atoms with Crippen LogP contribution < -0.4 is 20.1 Å². The molecule has 0 aromatic heterocycles. The highest BCUT2D eigenvalue weighted by Gasteiger charge is 2.34. The van der Waals surface area contributed by atoms with Gasteiger partial charge in [-0.05, 0) is 31.5 Å². The predicted molar refractivity (Wildman–Crippen MR) is 114 cm³/mol. The van der Waals surface area contributed by atoms with Gasteiger partial charge in [0.25, 0.3) is 0 Å². The van der Waals surface area contributed by atoms with E-state index < -0.39 is 0 Å². The van der Waals surface area contributed by atoms with E-state index in [1.54, 1.807) is 14.2 Å². The van der Waals surface area contributed by atoms with Gasteiger partial charge in [0.2, 0.25) is 0 Å². The van der Waals surface area contributed by atoms with Crippen molar-refractivity contribution < 1.29 is 9.47 Å². The summed E-state index contributed by atoms with van der Waals surface area (Å²) in [6.07, 6.45) is 0.868. The van der Waals surface area contributed by atoms with Gasteiger partial charge in [0.15, 0.2) is 5.96 Å². The molecule has 0 saturated carbocycles. The summed E-state index contributed by atoms with van der Waals surface area (Å²) in [5, 5.41) is 7.05. The van der Waals surface area contributed by atoms with Crippen molar-refractivity contribution in [3.63, 3.8) is 0 Å². The molecule has 0 radical (unpaired) electrons. The van der Waals surface area contributed by atoms with Crippen LogP contribution in [0.1, 0.15) is 50.3 Å². The zero-order chi connectivity index (χ0) is 20.1. The molecule has 2 aromatic rings. The van der Waals surface area contributed by atoms with E-state index in [9.17, 15) is 0 Å². The Bertz CT molecular complexity index is 832. The first-order chi connectivity index (χ1) is 13.4. The molecule has 2 unspecified atom stereocenters. The summed E-state index contributed by atoms with van der Waals surface area (Å²) in [6.45, 7) is 7.19. The number of nitrogens with one attached hydrogen (secondary N) is 2. The highest BCUT2D eigenvalue weighted by Crippen LogP contribution is 2.39. The Morgan fingerprint density at radius 2 is 1.93 bits per heavy atom. The lowest BCUT2D eigenvalue weighted by atomic mass is 9.90. The van der Waals surface area contributed by atoms with E-state index in [0.29, 0.717) is 0 Å². The first-order valence-electron chi connectivity index (χ1n) is 9.81. The Kier molecular flexibility index (Phi) is 6.12. The maximum atomic E-state index is 6.13. The van der Waals surface area contributed by atoms with Gasteiger partial charge in [0.1, 0.15) is 17.1 Å². The molecule has 2 N–H and O–H groups in total. The van der Waals surface area contributed by atoms with Crippen molar-refractivity contribution in [2.45, 2.75) is 44.8 Å². The summed E-state index contributed by atoms with van der Waals surface area (Å²) in [5.74, 6) is 2.93. The minimum atomic E-state index is -0.227. The molecule has 0 fully saturated rings. The second-order valence-electron chi connectivity index (χ2n) is 7.90. The van der Waals surface area contributed by atoms with E-state index in [1.165, 1.54) is 11.1 Å². The third kappa shape index (κ3) is 4.58. The molecule has 0 saturated heterocycles. The van der Waals surface area contributed by atoms with Crippen LogP contribution in [0.4, 0.5) is 0 Å². The SMILES string of the molecule is CN=C(NCC(C)c1ccccc1OC)NC1CC(C)(C)Oc2ccccc21. The van der Waals surface area contributed by atoms with Crippen LogP contribution in [-0.4, -0.2) is 32.3 Å². The number of fused-ring (bicyclic) bond motifs is 1. The Morgan fingerprint density at radius 1 is 1.21 bits per heavy atom. The quantitative estimate of drug-likeness (QED) is 0.600. The molecule has 0 bridgehead atoms. The number of methoxy groups -OCH3 is 1. The van der Waals surface area contributed by atoms with Crippen molar-refractivity contribution in [3.8, 4) is 11.5 Å². The molecule has 0 aliphatic carbocycles. The molecule has 0 spiro atoms. The maximum absolute atomic E-state index is 6.13. The van der Waals surface area contributed by atoms with Crippen LogP contribution in [0.15, 0.2) is 53.5 Å². The number of rotatable bonds is 5. The van der Waals surface area contributed by atoms with Crippen molar-refractivity contribution in [2.75, 3.05) is 20.7 Å². The Hall–Kier alpha value is -2.69.